The summed E-state index contributed by atoms with van der Waals surface area (Å²) in [5, 5.41) is 0.0603. The van der Waals surface area contributed by atoms with Crippen LogP contribution in [0.5, 0.6) is 0 Å². The van der Waals surface area contributed by atoms with E-state index in [0.29, 0.717) is 12.5 Å². The SMILES string of the molecule is O=c1cc(Cl)[nH]c(=O)n1CCOCC1CC1. The largest absolute Gasteiger partial charge is 0.379 e. The van der Waals surface area contributed by atoms with Gasteiger partial charge in [0.05, 0.1) is 13.2 Å². The molecule has 5 nitrogen and oxygen atoms in total. The van der Waals surface area contributed by atoms with Crippen molar-refractivity contribution in [1.82, 2.24) is 9.55 Å². The first kappa shape index (κ1) is 11.4. The molecule has 1 aromatic heterocycles. The molecule has 2 rings (SSSR count). The predicted octanol–water partition coefficient (Wildman–Crippen LogP) is 0.617. The molecule has 0 saturated heterocycles. The summed E-state index contributed by atoms with van der Waals surface area (Å²) in [7, 11) is 0. The van der Waals surface area contributed by atoms with Crippen LogP contribution in [0.2, 0.25) is 5.15 Å². The average Bonchev–Trinajstić information content (AvgIpc) is 2.98. The molecule has 0 bridgehead atoms. The molecule has 0 unspecified atom stereocenters. The highest BCUT2D eigenvalue weighted by atomic mass is 35.5. The van der Waals surface area contributed by atoms with Crippen molar-refractivity contribution in [1.29, 1.82) is 0 Å². The number of halogens is 1. The summed E-state index contributed by atoms with van der Waals surface area (Å²) in [6.07, 6.45) is 2.45. The third kappa shape index (κ3) is 2.96. The van der Waals surface area contributed by atoms with Crippen LogP contribution in [-0.4, -0.2) is 22.8 Å². The van der Waals surface area contributed by atoms with E-state index in [0.717, 1.165) is 11.2 Å². The Morgan fingerprint density at radius 1 is 1.50 bits per heavy atom. The molecule has 0 aliphatic heterocycles. The Balaban J connectivity index is 1.92. The molecule has 1 aromatic rings. The van der Waals surface area contributed by atoms with Gasteiger partial charge in [-0.3, -0.25) is 14.3 Å². The Labute approximate surface area is 97.0 Å². The molecule has 1 fully saturated rings. The second-order valence-electron chi connectivity index (χ2n) is 3.93. The molecule has 1 aliphatic carbocycles. The number of nitrogens with zero attached hydrogens (tertiary/aromatic N) is 1. The first-order chi connectivity index (χ1) is 7.66. The highest BCUT2D eigenvalue weighted by molar-refractivity contribution is 6.29. The van der Waals surface area contributed by atoms with Gasteiger partial charge >= 0.3 is 5.69 Å². The van der Waals surface area contributed by atoms with Gasteiger partial charge in [0.1, 0.15) is 5.15 Å². The number of rotatable bonds is 5. The van der Waals surface area contributed by atoms with Crippen molar-refractivity contribution in [3.63, 3.8) is 0 Å². The minimum Gasteiger partial charge on any atom is -0.379 e. The Kier molecular flexibility index (Phi) is 3.46. The lowest BCUT2D eigenvalue weighted by Gasteiger charge is -2.05. The van der Waals surface area contributed by atoms with Crippen molar-refractivity contribution in [2.75, 3.05) is 13.2 Å². The van der Waals surface area contributed by atoms with Crippen molar-refractivity contribution < 1.29 is 4.74 Å². The summed E-state index contributed by atoms with van der Waals surface area (Å²) in [6.45, 7) is 1.36. The molecule has 1 N–H and O–H groups in total. The van der Waals surface area contributed by atoms with Crippen LogP contribution in [0.3, 0.4) is 0 Å². The Morgan fingerprint density at radius 2 is 2.25 bits per heavy atom. The van der Waals surface area contributed by atoms with Crippen molar-refractivity contribution in [2.24, 2.45) is 5.92 Å². The van der Waals surface area contributed by atoms with E-state index in [1.165, 1.54) is 18.9 Å². The maximum atomic E-state index is 11.4. The quantitative estimate of drug-likeness (QED) is 0.610. The van der Waals surface area contributed by atoms with Crippen LogP contribution in [0.1, 0.15) is 12.8 Å². The van der Waals surface area contributed by atoms with Crippen molar-refractivity contribution in [3.8, 4) is 0 Å². The molecule has 0 aromatic carbocycles. The molecule has 1 saturated carbocycles. The lowest BCUT2D eigenvalue weighted by molar-refractivity contribution is 0.115. The zero-order valence-electron chi connectivity index (χ0n) is 8.74. The van der Waals surface area contributed by atoms with Crippen LogP contribution in [0.25, 0.3) is 0 Å². The smallest absolute Gasteiger partial charge is 0.329 e. The zero-order chi connectivity index (χ0) is 11.5. The normalized spacial score (nSPS) is 15.3. The summed E-state index contributed by atoms with van der Waals surface area (Å²) >= 11 is 5.53. The maximum Gasteiger partial charge on any atom is 0.329 e. The number of aromatic nitrogens is 2. The summed E-state index contributed by atoms with van der Waals surface area (Å²) in [4.78, 5) is 25.1. The van der Waals surface area contributed by atoms with Gasteiger partial charge in [-0.2, -0.15) is 0 Å². The second kappa shape index (κ2) is 4.84. The van der Waals surface area contributed by atoms with E-state index >= 15 is 0 Å². The van der Waals surface area contributed by atoms with Crippen LogP contribution in [0, 0.1) is 5.92 Å². The van der Waals surface area contributed by atoms with E-state index in [1.54, 1.807) is 0 Å². The van der Waals surface area contributed by atoms with Crippen molar-refractivity contribution in [3.05, 3.63) is 32.1 Å². The van der Waals surface area contributed by atoms with Crippen LogP contribution in [0.4, 0.5) is 0 Å². The van der Waals surface area contributed by atoms with Gasteiger partial charge in [0.25, 0.3) is 5.56 Å². The molecule has 16 heavy (non-hydrogen) atoms. The number of nitrogens with one attached hydrogen (secondary N) is 1. The van der Waals surface area contributed by atoms with E-state index in [1.807, 2.05) is 0 Å². The third-order valence-corrected chi connectivity index (χ3v) is 2.70. The van der Waals surface area contributed by atoms with Crippen molar-refractivity contribution >= 4 is 11.6 Å². The molecular weight excluding hydrogens is 232 g/mol. The van der Waals surface area contributed by atoms with Gasteiger partial charge in [-0.15, -0.1) is 0 Å². The molecule has 0 atom stereocenters. The van der Waals surface area contributed by atoms with Crippen LogP contribution < -0.4 is 11.2 Å². The Hall–Kier alpha value is -1.07. The van der Waals surface area contributed by atoms with Gasteiger partial charge in [0, 0.05) is 12.7 Å². The summed E-state index contributed by atoms with van der Waals surface area (Å²) in [6, 6.07) is 1.18. The van der Waals surface area contributed by atoms with Crippen LogP contribution in [0.15, 0.2) is 15.7 Å². The van der Waals surface area contributed by atoms with Gasteiger partial charge in [-0.1, -0.05) is 11.6 Å². The van der Waals surface area contributed by atoms with E-state index in [-0.39, 0.29) is 11.7 Å². The number of hydrogen-bond donors (Lipinski definition) is 1. The molecular formula is C10H13ClN2O3. The summed E-state index contributed by atoms with van der Waals surface area (Å²) < 4.78 is 6.44. The van der Waals surface area contributed by atoms with E-state index < -0.39 is 11.2 Å². The fraction of sp³-hybridized carbons (Fsp3) is 0.600. The highest BCUT2D eigenvalue weighted by Crippen LogP contribution is 2.28. The maximum absolute atomic E-state index is 11.4. The lowest BCUT2D eigenvalue weighted by Crippen LogP contribution is -2.35. The molecule has 0 amide bonds. The van der Waals surface area contributed by atoms with Gasteiger partial charge in [0.2, 0.25) is 0 Å². The fourth-order valence-electron chi connectivity index (χ4n) is 1.39. The monoisotopic (exact) mass is 244 g/mol. The first-order valence-corrected chi connectivity index (χ1v) is 5.62. The minimum atomic E-state index is -0.493. The van der Waals surface area contributed by atoms with E-state index in [4.69, 9.17) is 16.3 Å². The van der Waals surface area contributed by atoms with E-state index in [9.17, 15) is 9.59 Å². The Bertz CT molecular complexity index is 444. The van der Waals surface area contributed by atoms with Crippen LogP contribution in [-0.2, 0) is 11.3 Å². The zero-order valence-corrected chi connectivity index (χ0v) is 9.50. The van der Waals surface area contributed by atoms with Gasteiger partial charge < -0.3 is 4.74 Å². The standard InChI is InChI=1S/C10H13ClN2O3/c11-8-5-9(14)13(10(15)12-8)3-4-16-6-7-1-2-7/h5,7H,1-4,6H2,(H,12,15). The molecule has 88 valence electrons. The molecule has 0 spiro atoms. The number of ether oxygens (including phenoxy) is 1. The van der Waals surface area contributed by atoms with Gasteiger partial charge in [-0.05, 0) is 18.8 Å². The first-order valence-electron chi connectivity index (χ1n) is 5.24. The predicted molar refractivity (Wildman–Crippen MR) is 59.9 cm³/mol. The molecule has 1 aliphatic rings. The number of aromatic amines is 1. The lowest BCUT2D eigenvalue weighted by atomic mass is 10.5. The number of hydrogen-bond acceptors (Lipinski definition) is 3. The summed E-state index contributed by atoms with van der Waals surface area (Å²) in [5.41, 5.74) is -0.892. The molecule has 6 heteroatoms. The third-order valence-electron chi connectivity index (χ3n) is 2.50. The van der Waals surface area contributed by atoms with E-state index in [2.05, 4.69) is 4.98 Å². The van der Waals surface area contributed by atoms with Crippen LogP contribution >= 0.6 is 11.6 Å². The minimum absolute atomic E-state index is 0.0603. The average molecular weight is 245 g/mol. The molecule has 1 heterocycles. The van der Waals surface area contributed by atoms with Gasteiger partial charge in [-0.25, -0.2) is 4.79 Å². The Morgan fingerprint density at radius 3 is 2.88 bits per heavy atom. The molecule has 0 radical (unpaired) electrons. The summed E-state index contributed by atoms with van der Waals surface area (Å²) in [5.74, 6) is 0.681. The second-order valence-corrected chi connectivity index (χ2v) is 4.34. The topological polar surface area (TPSA) is 64.1 Å². The fourth-order valence-corrected chi connectivity index (χ4v) is 1.57. The van der Waals surface area contributed by atoms with Crippen molar-refractivity contribution in [2.45, 2.75) is 19.4 Å². The highest BCUT2D eigenvalue weighted by Gasteiger charge is 2.20. The number of H-pyrrole nitrogens is 1. The van der Waals surface area contributed by atoms with Gasteiger partial charge in [0.15, 0.2) is 0 Å².